The zero-order chi connectivity index (χ0) is 41.7. The lowest BCUT2D eigenvalue weighted by atomic mass is 9.89. The second kappa shape index (κ2) is 17.2. The van der Waals surface area contributed by atoms with Crippen molar-refractivity contribution in [1.82, 2.24) is 4.98 Å². The number of nitrogens with one attached hydrogen (secondary N) is 1. The Morgan fingerprint density at radius 2 is 0.742 bits per heavy atom. The molecule has 10 aromatic rings. The zero-order valence-electron chi connectivity index (χ0n) is 34.1. The standard InChI is InChI=1S/C60H42N2/c61-58(46-23-11-4-12-24-46)41-57(44-21-9-3-10-22-44)55-32-16-25-45-33-34-51(38-56(45)55)49-28-13-29-50(35-49)54-39-59(52-30-14-26-47(36-52)42-17-5-1-6-18-42)62-60(40-54)53-31-15-27-48(37-53)43-19-7-2-8-20-43/h1-41,61H/b57-41-,61-58?. The molecule has 0 unspecified atom stereocenters. The molecule has 62 heavy (non-hydrogen) atoms. The van der Waals surface area contributed by atoms with Gasteiger partial charge in [-0.3, -0.25) is 0 Å². The Morgan fingerprint density at radius 1 is 0.323 bits per heavy atom. The van der Waals surface area contributed by atoms with Crippen molar-refractivity contribution in [2.24, 2.45) is 0 Å². The first-order valence-electron chi connectivity index (χ1n) is 21.0. The lowest BCUT2D eigenvalue weighted by molar-refractivity contribution is 1.32. The van der Waals surface area contributed by atoms with Crippen LogP contribution in [-0.4, -0.2) is 10.7 Å². The number of pyridine rings is 1. The Labute approximate surface area is 363 Å². The summed E-state index contributed by atoms with van der Waals surface area (Å²) in [6, 6.07) is 85.3. The number of fused-ring (bicyclic) bond motifs is 1. The van der Waals surface area contributed by atoms with Crippen LogP contribution in [0.1, 0.15) is 16.7 Å². The molecule has 1 heterocycles. The number of hydrogen-bond acceptors (Lipinski definition) is 2. The predicted octanol–water partition coefficient (Wildman–Crippen LogP) is 15.7. The molecule has 0 saturated heterocycles. The molecule has 2 nitrogen and oxygen atoms in total. The molecule has 9 aromatic carbocycles. The van der Waals surface area contributed by atoms with E-state index in [-0.39, 0.29) is 0 Å². The number of nitrogens with zero attached hydrogens (tertiary/aromatic N) is 1. The van der Waals surface area contributed by atoms with Crippen molar-refractivity contribution >= 4 is 22.1 Å². The van der Waals surface area contributed by atoms with E-state index in [1.807, 2.05) is 42.5 Å². The Kier molecular flexibility index (Phi) is 10.5. The van der Waals surface area contributed by atoms with Gasteiger partial charge in [-0.1, -0.05) is 206 Å². The normalized spacial score (nSPS) is 11.4. The van der Waals surface area contributed by atoms with E-state index in [1.54, 1.807) is 0 Å². The highest BCUT2D eigenvalue weighted by Crippen LogP contribution is 2.37. The third kappa shape index (κ3) is 8.06. The summed E-state index contributed by atoms with van der Waals surface area (Å²) in [5, 5.41) is 11.4. The van der Waals surface area contributed by atoms with E-state index in [2.05, 4.69) is 206 Å². The van der Waals surface area contributed by atoms with Crippen molar-refractivity contribution in [3.8, 4) is 67.0 Å². The maximum atomic E-state index is 9.11. The van der Waals surface area contributed by atoms with Crippen LogP contribution >= 0.6 is 0 Å². The first-order chi connectivity index (χ1) is 30.6. The summed E-state index contributed by atoms with van der Waals surface area (Å²) >= 11 is 0. The average molecular weight is 791 g/mol. The fourth-order valence-electron chi connectivity index (χ4n) is 8.32. The number of allylic oxidation sites excluding steroid dienone is 1. The fraction of sp³-hybridized carbons (Fsp3) is 0. The van der Waals surface area contributed by atoms with Gasteiger partial charge in [0.15, 0.2) is 0 Å². The highest BCUT2D eigenvalue weighted by molar-refractivity contribution is 6.14. The summed E-state index contributed by atoms with van der Waals surface area (Å²) in [4.78, 5) is 5.35. The van der Waals surface area contributed by atoms with Crippen LogP contribution in [0, 0.1) is 5.41 Å². The molecular formula is C60H42N2. The van der Waals surface area contributed by atoms with Crippen LogP contribution in [0.3, 0.4) is 0 Å². The third-order valence-electron chi connectivity index (χ3n) is 11.5. The second-order valence-electron chi connectivity index (χ2n) is 15.5. The summed E-state index contributed by atoms with van der Waals surface area (Å²) < 4.78 is 0. The number of aromatic nitrogens is 1. The van der Waals surface area contributed by atoms with Crippen molar-refractivity contribution in [3.05, 3.63) is 265 Å². The minimum absolute atomic E-state index is 0.472. The summed E-state index contributed by atoms with van der Waals surface area (Å²) in [6.07, 6.45) is 2.01. The maximum Gasteiger partial charge on any atom is 0.0715 e. The largest absolute Gasteiger partial charge is 0.300 e. The zero-order valence-corrected chi connectivity index (χ0v) is 34.1. The highest BCUT2D eigenvalue weighted by atomic mass is 14.7. The Morgan fingerprint density at radius 3 is 1.31 bits per heavy atom. The highest BCUT2D eigenvalue weighted by Gasteiger charge is 2.15. The van der Waals surface area contributed by atoms with Gasteiger partial charge < -0.3 is 5.41 Å². The third-order valence-corrected chi connectivity index (χ3v) is 11.5. The molecule has 0 spiro atoms. The van der Waals surface area contributed by atoms with E-state index in [1.165, 1.54) is 11.1 Å². The van der Waals surface area contributed by atoms with Gasteiger partial charge in [-0.05, 0) is 120 Å². The van der Waals surface area contributed by atoms with Gasteiger partial charge in [-0.15, -0.1) is 0 Å². The molecule has 292 valence electrons. The molecule has 10 rings (SSSR count). The number of benzene rings is 9. The van der Waals surface area contributed by atoms with Crippen LogP contribution in [0.4, 0.5) is 0 Å². The molecule has 0 radical (unpaired) electrons. The molecular weight excluding hydrogens is 749 g/mol. The summed E-state index contributed by atoms with van der Waals surface area (Å²) in [5.41, 5.74) is 17.6. The van der Waals surface area contributed by atoms with Crippen LogP contribution < -0.4 is 0 Å². The van der Waals surface area contributed by atoms with Crippen LogP contribution in [0.15, 0.2) is 249 Å². The smallest absolute Gasteiger partial charge is 0.0715 e. The number of rotatable bonds is 10. The van der Waals surface area contributed by atoms with E-state index < -0.39 is 0 Å². The molecule has 1 N–H and O–H groups in total. The van der Waals surface area contributed by atoms with Crippen LogP contribution in [0.2, 0.25) is 0 Å². The van der Waals surface area contributed by atoms with Crippen molar-refractivity contribution in [1.29, 1.82) is 5.41 Å². The number of hydrogen-bond donors (Lipinski definition) is 1. The van der Waals surface area contributed by atoms with E-state index in [4.69, 9.17) is 10.4 Å². The summed E-state index contributed by atoms with van der Waals surface area (Å²) in [6.45, 7) is 0. The lowest BCUT2D eigenvalue weighted by Crippen LogP contribution is -1.98. The molecule has 0 bridgehead atoms. The van der Waals surface area contributed by atoms with Crippen LogP contribution in [0.5, 0.6) is 0 Å². The first kappa shape index (κ1) is 38.0. The van der Waals surface area contributed by atoms with Crippen molar-refractivity contribution < 1.29 is 0 Å². The average Bonchev–Trinajstić information content (AvgIpc) is 3.36. The van der Waals surface area contributed by atoms with Crippen molar-refractivity contribution in [2.75, 3.05) is 0 Å². The quantitative estimate of drug-likeness (QED) is 0.138. The van der Waals surface area contributed by atoms with Gasteiger partial charge in [0.2, 0.25) is 0 Å². The topological polar surface area (TPSA) is 36.7 Å². The summed E-state index contributed by atoms with van der Waals surface area (Å²) in [5.74, 6) is 0. The van der Waals surface area contributed by atoms with Gasteiger partial charge in [-0.2, -0.15) is 0 Å². The van der Waals surface area contributed by atoms with E-state index in [9.17, 15) is 0 Å². The second-order valence-corrected chi connectivity index (χ2v) is 15.5. The van der Waals surface area contributed by atoms with E-state index in [0.29, 0.717) is 5.71 Å². The molecule has 0 aliphatic carbocycles. The molecule has 0 amide bonds. The van der Waals surface area contributed by atoms with Gasteiger partial charge in [0.25, 0.3) is 0 Å². The Hall–Kier alpha value is -8.20. The van der Waals surface area contributed by atoms with Crippen molar-refractivity contribution in [3.63, 3.8) is 0 Å². The minimum atomic E-state index is 0.472. The molecule has 0 fully saturated rings. The summed E-state index contributed by atoms with van der Waals surface area (Å²) in [7, 11) is 0. The predicted molar refractivity (Wildman–Crippen MR) is 261 cm³/mol. The molecule has 0 atom stereocenters. The van der Waals surface area contributed by atoms with Crippen molar-refractivity contribution in [2.45, 2.75) is 0 Å². The van der Waals surface area contributed by atoms with Gasteiger partial charge in [-0.25, -0.2) is 4.98 Å². The van der Waals surface area contributed by atoms with Gasteiger partial charge in [0, 0.05) is 11.1 Å². The van der Waals surface area contributed by atoms with Gasteiger partial charge in [0.05, 0.1) is 17.1 Å². The SMILES string of the molecule is N=C(/C=C(/c1ccccc1)c1cccc2ccc(-c3cccc(-c4cc(-c5cccc(-c6ccccc6)c5)nc(-c5cccc(-c6ccccc6)c5)c4)c3)cc12)c1ccccc1. The lowest BCUT2D eigenvalue weighted by Gasteiger charge is -2.15. The van der Waals surface area contributed by atoms with Crippen LogP contribution in [0.25, 0.3) is 83.4 Å². The molecule has 1 aromatic heterocycles. The van der Waals surface area contributed by atoms with Crippen LogP contribution in [-0.2, 0) is 0 Å². The Balaban J connectivity index is 1.09. The monoisotopic (exact) mass is 790 g/mol. The molecule has 0 saturated carbocycles. The maximum absolute atomic E-state index is 9.11. The molecule has 2 heteroatoms. The van der Waals surface area contributed by atoms with E-state index in [0.717, 1.165) is 88.9 Å². The fourth-order valence-corrected chi connectivity index (χ4v) is 8.32. The molecule has 0 aliphatic heterocycles. The van der Waals surface area contributed by atoms with E-state index >= 15 is 0 Å². The van der Waals surface area contributed by atoms with Gasteiger partial charge >= 0.3 is 0 Å². The van der Waals surface area contributed by atoms with Gasteiger partial charge in [0.1, 0.15) is 0 Å². The molecule has 0 aliphatic rings. The Bertz CT molecular complexity index is 3120. The minimum Gasteiger partial charge on any atom is -0.300 e. The first-order valence-corrected chi connectivity index (χ1v) is 21.0.